The lowest BCUT2D eigenvalue weighted by atomic mass is 9.84. The number of carboxylic acid groups (broad SMARTS) is 1. The van der Waals surface area contributed by atoms with Crippen LogP contribution in [0.1, 0.15) is 65.7 Å². The maximum Gasteiger partial charge on any atom is 0.326 e. The predicted molar refractivity (Wildman–Crippen MR) is 96.6 cm³/mol. The highest BCUT2D eigenvalue weighted by Crippen LogP contribution is 2.40. The molecule has 0 spiro atoms. The van der Waals surface area contributed by atoms with E-state index in [1.54, 1.807) is 18.7 Å². The SMILES string of the molecule is CCC[C@H](N[C@@H](C)C(=O)N1[C@@H]2CCCC[C@H]2C[C@H]1C(=O)O)C(=O)OCC. The topological polar surface area (TPSA) is 95.9 Å². The van der Waals surface area contributed by atoms with Crippen molar-refractivity contribution in [3.05, 3.63) is 0 Å². The highest BCUT2D eigenvalue weighted by molar-refractivity contribution is 5.88. The normalized spacial score (nSPS) is 27.5. The van der Waals surface area contributed by atoms with Crippen molar-refractivity contribution in [1.29, 1.82) is 0 Å². The number of carbonyl (C=O) groups excluding carboxylic acids is 2. The van der Waals surface area contributed by atoms with Crippen LogP contribution in [0.2, 0.25) is 0 Å². The number of carbonyl (C=O) groups is 3. The van der Waals surface area contributed by atoms with Crippen molar-refractivity contribution in [3.63, 3.8) is 0 Å². The molecule has 2 fully saturated rings. The average Bonchev–Trinajstić information content (AvgIpc) is 3.00. The van der Waals surface area contributed by atoms with E-state index in [0.29, 0.717) is 19.4 Å². The van der Waals surface area contributed by atoms with Crippen LogP contribution in [0, 0.1) is 5.92 Å². The van der Waals surface area contributed by atoms with E-state index < -0.39 is 24.1 Å². The van der Waals surface area contributed by atoms with Crippen molar-refractivity contribution < 1.29 is 24.2 Å². The number of esters is 1. The Morgan fingerprint density at radius 3 is 2.54 bits per heavy atom. The molecular formula is C19H32N2O5. The molecule has 7 heteroatoms. The first-order valence-corrected chi connectivity index (χ1v) is 9.88. The Kier molecular flexibility index (Phi) is 7.43. The summed E-state index contributed by atoms with van der Waals surface area (Å²) in [5.41, 5.74) is 0. The summed E-state index contributed by atoms with van der Waals surface area (Å²) in [6, 6.07) is -1.92. The van der Waals surface area contributed by atoms with Crippen LogP contribution in [-0.2, 0) is 19.1 Å². The van der Waals surface area contributed by atoms with Gasteiger partial charge in [0.05, 0.1) is 12.6 Å². The van der Waals surface area contributed by atoms with Gasteiger partial charge in [-0.25, -0.2) is 4.79 Å². The van der Waals surface area contributed by atoms with Crippen molar-refractivity contribution in [2.24, 2.45) is 5.92 Å². The molecule has 0 radical (unpaired) electrons. The molecule has 0 bridgehead atoms. The maximum atomic E-state index is 13.1. The first kappa shape index (κ1) is 20.7. The highest BCUT2D eigenvalue weighted by atomic mass is 16.5. The number of rotatable bonds is 8. The largest absolute Gasteiger partial charge is 0.480 e. The molecule has 1 amide bonds. The molecule has 2 rings (SSSR count). The van der Waals surface area contributed by atoms with Crippen LogP contribution in [0.5, 0.6) is 0 Å². The number of hydrogen-bond acceptors (Lipinski definition) is 5. The van der Waals surface area contributed by atoms with Gasteiger partial charge in [-0.05, 0) is 45.4 Å². The average molecular weight is 368 g/mol. The van der Waals surface area contributed by atoms with Gasteiger partial charge in [0, 0.05) is 6.04 Å². The second-order valence-electron chi connectivity index (χ2n) is 7.43. The van der Waals surface area contributed by atoms with Gasteiger partial charge in [0.1, 0.15) is 12.1 Å². The zero-order valence-electron chi connectivity index (χ0n) is 16.1. The van der Waals surface area contributed by atoms with Crippen LogP contribution in [0.4, 0.5) is 0 Å². The number of fused-ring (bicyclic) bond motifs is 1. The molecule has 0 aromatic carbocycles. The van der Waals surface area contributed by atoms with Crippen molar-refractivity contribution in [2.75, 3.05) is 6.61 Å². The van der Waals surface area contributed by atoms with E-state index in [0.717, 1.165) is 32.1 Å². The molecule has 0 aromatic rings. The first-order valence-electron chi connectivity index (χ1n) is 9.88. The summed E-state index contributed by atoms with van der Waals surface area (Å²) in [6.45, 7) is 5.72. The fourth-order valence-electron chi connectivity index (χ4n) is 4.39. The lowest BCUT2D eigenvalue weighted by Crippen LogP contribution is -2.55. The monoisotopic (exact) mass is 368 g/mol. The second kappa shape index (κ2) is 9.35. The van der Waals surface area contributed by atoms with E-state index >= 15 is 0 Å². The molecule has 1 saturated heterocycles. The van der Waals surface area contributed by atoms with Gasteiger partial charge >= 0.3 is 11.9 Å². The minimum atomic E-state index is -0.935. The van der Waals surface area contributed by atoms with E-state index in [1.807, 2.05) is 6.92 Å². The van der Waals surface area contributed by atoms with Gasteiger partial charge in [0.15, 0.2) is 0 Å². The van der Waals surface area contributed by atoms with Gasteiger partial charge in [0.2, 0.25) is 5.91 Å². The third-order valence-corrected chi connectivity index (χ3v) is 5.60. The third kappa shape index (κ3) is 4.55. The van der Waals surface area contributed by atoms with Gasteiger partial charge in [-0.2, -0.15) is 0 Å². The molecule has 7 nitrogen and oxygen atoms in total. The summed E-state index contributed by atoms with van der Waals surface area (Å²) >= 11 is 0. The number of nitrogens with one attached hydrogen (secondary N) is 1. The Morgan fingerprint density at radius 1 is 1.23 bits per heavy atom. The molecule has 1 aliphatic carbocycles. The molecular weight excluding hydrogens is 336 g/mol. The summed E-state index contributed by atoms with van der Waals surface area (Å²) in [5.74, 6) is -1.24. The zero-order chi connectivity index (χ0) is 19.3. The Hall–Kier alpha value is -1.63. The zero-order valence-corrected chi connectivity index (χ0v) is 16.1. The molecule has 148 valence electrons. The van der Waals surface area contributed by atoms with E-state index in [-0.39, 0.29) is 23.8 Å². The van der Waals surface area contributed by atoms with Crippen LogP contribution < -0.4 is 5.32 Å². The van der Waals surface area contributed by atoms with Crippen molar-refractivity contribution in [1.82, 2.24) is 10.2 Å². The fourth-order valence-corrected chi connectivity index (χ4v) is 4.39. The Balaban J connectivity index is 2.10. The van der Waals surface area contributed by atoms with Gasteiger partial charge in [-0.15, -0.1) is 0 Å². The summed E-state index contributed by atoms with van der Waals surface area (Å²) < 4.78 is 5.09. The van der Waals surface area contributed by atoms with Crippen molar-refractivity contribution >= 4 is 17.8 Å². The highest BCUT2D eigenvalue weighted by Gasteiger charge is 2.48. The quantitative estimate of drug-likeness (QED) is 0.636. The number of carboxylic acids is 1. The minimum Gasteiger partial charge on any atom is -0.480 e. The summed E-state index contributed by atoms with van der Waals surface area (Å²) in [7, 11) is 0. The van der Waals surface area contributed by atoms with Crippen LogP contribution in [0.3, 0.4) is 0 Å². The third-order valence-electron chi connectivity index (χ3n) is 5.60. The summed E-state index contributed by atoms with van der Waals surface area (Å²) in [4.78, 5) is 38.5. The van der Waals surface area contributed by atoms with Crippen molar-refractivity contribution in [3.8, 4) is 0 Å². The number of aliphatic carboxylic acids is 1. The number of hydrogen-bond donors (Lipinski definition) is 2. The van der Waals surface area contributed by atoms with E-state index in [4.69, 9.17) is 4.74 Å². The van der Waals surface area contributed by atoms with Crippen LogP contribution in [-0.4, -0.2) is 58.6 Å². The maximum absolute atomic E-state index is 13.1. The molecule has 26 heavy (non-hydrogen) atoms. The molecule has 2 aliphatic rings. The lowest BCUT2D eigenvalue weighted by Gasteiger charge is -2.35. The Labute approximate surface area is 155 Å². The molecule has 2 N–H and O–H groups in total. The lowest BCUT2D eigenvalue weighted by molar-refractivity contribution is -0.152. The summed E-state index contributed by atoms with van der Waals surface area (Å²) in [5, 5.41) is 12.7. The smallest absolute Gasteiger partial charge is 0.326 e. The minimum absolute atomic E-state index is 0.00817. The first-order chi connectivity index (χ1) is 12.4. The Morgan fingerprint density at radius 2 is 1.92 bits per heavy atom. The second-order valence-corrected chi connectivity index (χ2v) is 7.43. The number of likely N-dealkylation sites (tertiary alicyclic amines) is 1. The van der Waals surface area contributed by atoms with Crippen LogP contribution in [0.15, 0.2) is 0 Å². The number of ether oxygens (including phenoxy) is 1. The molecule has 5 atom stereocenters. The van der Waals surface area contributed by atoms with Crippen LogP contribution >= 0.6 is 0 Å². The number of nitrogens with zero attached hydrogens (tertiary/aromatic N) is 1. The number of amides is 1. The van der Waals surface area contributed by atoms with Gasteiger partial charge in [-0.1, -0.05) is 26.2 Å². The van der Waals surface area contributed by atoms with E-state index in [9.17, 15) is 19.5 Å². The molecule has 0 aromatic heterocycles. The molecule has 1 heterocycles. The van der Waals surface area contributed by atoms with Gasteiger partial charge in [-0.3, -0.25) is 14.9 Å². The van der Waals surface area contributed by atoms with Gasteiger partial charge in [0.25, 0.3) is 0 Å². The van der Waals surface area contributed by atoms with Crippen molar-refractivity contribution in [2.45, 2.75) is 89.9 Å². The summed E-state index contributed by atoms with van der Waals surface area (Å²) in [6.07, 6.45) is 5.87. The van der Waals surface area contributed by atoms with E-state index in [2.05, 4.69) is 5.32 Å². The molecule has 1 aliphatic heterocycles. The fraction of sp³-hybridized carbons (Fsp3) is 0.842. The Bertz CT molecular complexity index is 524. The van der Waals surface area contributed by atoms with Crippen LogP contribution in [0.25, 0.3) is 0 Å². The standard InChI is InChI=1S/C19H32N2O5/c1-4-8-14(19(25)26-5-2)20-12(3)17(22)21-15-10-7-6-9-13(15)11-16(21)18(23)24/h12-16,20H,4-11H2,1-3H3,(H,23,24)/t12-,13-,14-,15+,16-/m0/s1. The molecule has 0 unspecified atom stereocenters. The molecule has 1 saturated carbocycles. The van der Waals surface area contributed by atoms with E-state index in [1.165, 1.54) is 0 Å². The predicted octanol–water partition coefficient (Wildman–Crippen LogP) is 1.94. The van der Waals surface area contributed by atoms with Gasteiger partial charge < -0.3 is 14.7 Å².